The van der Waals surface area contributed by atoms with Gasteiger partial charge in [0.1, 0.15) is 5.82 Å². The molecule has 51 heavy (non-hydrogen) atoms. The van der Waals surface area contributed by atoms with Crippen LogP contribution in [0.4, 0.5) is 19.0 Å². The average molecular weight is 698 g/mol. The number of hydrogen-bond donors (Lipinski definition) is 1. The Hall–Kier alpha value is -5.00. The summed E-state index contributed by atoms with van der Waals surface area (Å²) in [6.45, 7) is 6.05. The molecule has 0 aliphatic carbocycles. The zero-order valence-electron chi connectivity index (χ0n) is 28.4. The molecule has 2 amide bonds. The minimum Gasteiger partial charge on any atom is -0.378 e. The van der Waals surface area contributed by atoms with E-state index in [-0.39, 0.29) is 24.4 Å². The topological polar surface area (TPSA) is 78.0 Å². The number of nitrogens with zero attached hydrogens (tertiary/aromatic N) is 4. The largest absolute Gasteiger partial charge is 0.416 e. The van der Waals surface area contributed by atoms with Crippen molar-refractivity contribution in [1.29, 1.82) is 0 Å². The van der Waals surface area contributed by atoms with Crippen molar-refractivity contribution in [2.75, 3.05) is 57.4 Å². The molecule has 11 heteroatoms. The van der Waals surface area contributed by atoms with E-state index in [4.69, 9.17) is 4.74 Å². The van der Waals surface area contributed by atoms with E-state index in [9.17, 15) is 22.8 Å². The molecule has 4 aromatic rings. The molecule has 2 fully saturated rings. The summed E-state index contributed by atoms with van der Waals surface area (Å²) < 4.78 is 45.6. The van der Waals surface area contributed by atoms with Gasteiger partial charge in [-0.15, -0.1) is 0 Å². The second-order valence-corrected chi connectivity index (χ2v) is 12.9. The highest BCUT2D eigenvalue weighted by atomic mass is 19.4. The number of anilines is 1. The lowest BCUT2D eigenvalue weighted by Gasteiger charge is -2.37. The zero-order chi connectivity index (χ0) is 35.6. The molecule has 0 bridgehead atoms. The van der Waals surface area contributed by atoms with Crippen LogP contribution >= 0.6 is 0 Å². The van der Waals surface area contributed by atoms with Crippen molar-refractivity contribution in [1.82, 2.24) is 20.1 Å². The van der Waals surface area contributed by atoms with Crippen LogP contribution in [0.3, 0.4) is 0 Å². The fraction of sp³-hybridized carbons (Fsp3) is 0.325. The summed E-state index contributed by atoms with van der Waals surface area (Å²) >= 11 is 0. The molecule has 3 heterocycles. The van der Waals surface area contributed by atoms with E-state index in [2.05, 4.69) is 32.2 Å². The van der Waals surface area contributed by atoms with Gasteiger partial charge in [0.25, 0.3) is 0 Å². The van der Waals surface area contributed by atoms with Crippen molar-refractivity contribution in [3.05, 3.63) is 137 Å². The molecule has 3 aromatic carbocycles. The number of aromatic nitrogens is 1. The van der Waals surface area contributed by atoms with E-state index in [0.717, 1.165) is 48.7 Å². The summed E-state index contributed by atoms with van der Waals surface area (Å²) in [6.07, 6.45) is -0.986. The summed E-state index contributed by atoms with van der Waals surface area (Å²) in [5.74, 6) is -0.710. The number of carbonyl (C=O) groups is 2. The summed E-state index contributed by atoms with van der Waals surface area (Å²) in [4.78, 5) is 39.4. The van der Waals surface area contributed by atoms with Gasteiger partial charge in [0.15, 0.2) is 0 Å². The van der Waals surface area contributed by atoms with Gasteiger partial charge in [-0.25, -0.2) is 4.98 Å². The molecule has 1 atom stereocenters. The first-order valence-electron chi connectivity index (χ1n) is 17.3. The third-order valence-corrected chi connectivity index (χ3v) is 9.31. The van der Waals surface area contributed by atoms with Crippen molar-refractivity contribution in [2.24, 2.45) is 5.92 Å². The van der Waals surface area contributed by atoms with Crippen LogP contribution < -0.4 is 10.2 Å². The number of alkyl halides is 3. The molecule has 0 radical (unpaired) electrons. The maximum atomic E-state index is 14.5. The molecule has 0 unspecified atom stereocenters. The minimum atomic E-state index is -4.50. The number of hydrogen-bond acceptors (Lipinski definition) is 6. The van der Waals surface area contributed by atoms with Crippen LogP contribution in [-0.2, 0) is 40.0 Å². The van der Waals surface area contributed by atoms with Crippen LogP contribution in [0.15, 0.2) is 109 Å². The van der Waals surface area contributed by atoms with Gasteiger partial charge in [0.2, 0.25) is 11.8 Å². The van der Waals surface area contributed by atoms with Gasteiger partial charge in [0, 0.05) is 64.1 Å². The van der Waals surface area contributed by atoms with Gasteiger partial charge < -0.3 is 19.9 Å². The highest BCUT2D eigenvalue weighted by Crippen LogP contribution is 2.30. The summed E-state index contributed by atoms with van der Waals surface area (Å²) in [7, 11) is 0. The van der Waals surface area contributed by atoms with Gasteiger partial charge in [0.05, 0.1) is 24.7 Å². The second kappa shape index (κ2) is 16.8. The lowest BCUT2D eigenvalue weighted by Crippen LogP contribution is -2.51. The maximum Gasteiger partial charge on any atom is 0.416 e. The number of rotatable bonds is 11. The van der Waals surface area contributed by atoms with E-state index in [1.807, 2.05) is 60.7 Å². The van der Waals surface area contributed by atoms with Gasteiger partial charge in [-0.2, -0.15) is 13.2 Å². The zero-order valence-corrected chi connectivity index (χ0v) is 28.4. The Morgan fingerprint density at radius 3 is 2.04 bits per heavy atom. The van der Waals surface area contributed by atoms with Gasteiger partial charge >= 0.3 is 6.18 Å². The number of nitrogens with one attached hydrogen (secondary N) is 1. The van der Waals surface area contributed by atoms with E-state index >= 15 is 0 Å². The normalized spacial score (nSPS) is 16.5. The SMILES string of the molecule is O=C(NCc1ccc(N2CCOCC2)nc1)C(=Cc1ccc(C(F)(F)F)cc1)[C@H](Cc1ccccc1)C(=O)N1CCN(Cc2ccccc2)CC1. The molecule has 6 rings (SSSR count). The van der Waals surface area contributed by atoms with E-state index < -0.39 is 23.6 Å². The highest BCUT2D eigenvalue weighted by Gasteiger charge is 2.34. The van der Waals surface area contributed by atoms with Crippen molar-refractivity contribution in [2.45, 2.75) is 25.7 Å². The molecule has 2 aliphatic heterocycles. The number of pyridine rings is 1. The van der Waals surface area contributed by atoms with Crippen LogP contribution in [0, 0.1) is 5.92 Å². The van der Waals surface area contributed by atoms with Crippen LogP contribution in [0.1, 0.15) is 27.8 Å². The third-order valence-electron chi connectivity index (χ3n) is 9.31. The number of morpholine rings is 1. The highest BCUT2D eigenvalue weighted by molar-refractivity contribution is 6.04. The third kappa shape index (κ3) is 9.83. The first-order chi connectivity index (χ1) is 24.7. The standard InChI is InChI=1S/C40H42F3N5O3/c41-40(42,43)34-14-11-31(12-15-34)25-35(38(49)45-28-33-13-16-37(44-27-33)47-21-23-51-24-22-47)36(26-30-7-3-1-4-8-30)39(50)48-19-17-46(18-20-48)29-32-9-5-2-6-10-32/h1-16,25,27,36H,17-24,26,28-29H2,(H,45,49)/t36-/m0/s1. The lowest BCUT2D eigenvalue weighted by molar-refractivity contribution is -0.138. The number of amides is 2. The Labute approximate surface area is 296 Å². The molecule has 0 saturated carbocycles. The monoisotopic (exact) mass is 697 g/mol. The number of carbonyl (C=O) groups excluding carboxylic acids is 2. The van der Waals surface area contributed by atoms with Crippen LogP contribution in [-0.4, -0.2) is 79.1 Å². The molecule has 2 saturated heterocycles. The fourth-order valence-electron chi connectivity index (χ4n) is 6.43. The number of benzene rings is 3. The Morgan fingerprint density at radius 1 is 0.784 bits per heavy atom. The summed E-state index contributed by atoms with van der Waals surface area (Å²) in [5.41, 5.74) is 2.63. The second-order valence-electron chi connectivity index (χ2n) is 12.9. The molecule has 1 aromatic heterocycles. The van der Waals surface area contributed by atoms with E-state index in [1.165, 1.54) is 17.7 Å². The first kappa shape index (κ1) is 35.8. The van der Waals surface area contributed by atoms with Crippen molar-refractivity contribution >= 4 is 23.7 Å². The molecule has 8 nitrogen and oxygen atoms in total. The van der Waals surface area contributed by atoms with Gasteiger partial charge in [-0.1, -0.05) is 78.9 Å². The molecule has 0 spiro atoms. The minimum absolute atomic E-state index is 0.157. The summed E-state index contributed by atoms with van der Waals surface area (Å²) in [5, 5.41) is 2.97. The fourth-order valence-corrected chi connectivity index (χ4v) is 6.43. The van der Waals surface area contributed by atoms with E-state index in [0.29, 0.717) is 45.0 Å². The molecular weight excluding hydrogens is 655 g/mol. The van der Waals surface area contributed by atoms with Crippen LogP contribution in [0.5, 0.6) is 0 Å². The van der Waals surface area contributed by atoms with Crippen molar-refractivity contribution in [3.63, 3.8) is 0 Å². The molecule has 2 aliphatic rings. The Kier molecular flexibility index (Phi) is 11.8. The van der Waals surface area contributed by atoms with Crippen LogP contribution in [0.25, 0.3) is 6.08 Å². The average Bonchev–Trinajstić information content (AvgIpc) is 3.16. The first-order valence-corrected chi connectivity index (χ1v) is 17.3. The number of halogens is 3. The predicted molar refractivity (Wildman–Crippen MR) is 190 cm³/mol. The predicted octanol–water partition coefficient (Wildman–Crippen LogP) is 5.84. The molecule has 266 valence electrons. The smallest absolute Gasteiger partial charge is 0.378 e. The van der Waals surface area contributed by atoms with Gasteiger partial charge in [-0.3, -0.25) is 14.5 Å². The Balaban J connectivity index is 1.25. The van der Waals surface area contributed by atoms with E-state index in [1.54, 1.807) is 17.2 Å². The molecule has 1 N–H and O–H groups in total. The van der Waals surface area contributed by atoms with Crippen molar-refractivity contribution < 1.29 is 27.5 Å². The number of ether oxygens (including phenoxy) is 1. The lowest BCUT2D eigenvalue weighted by atomic mass is 9.88. The number of piperazine rings is 1. The summed E-state index contributed by atoms with van der Waals surface area (Å²) in [6, 6.07) is 28.1. The van der Waals surface area contributed by atoms with Crippen LogP contribution in [0.2, 0.25) is 0 Å². The molecular formula is C40H42F3N5O3. The van der Waals surface area contributed by atoms with Gasteiger partial charge in [-0.05, 0) is 52.9 Å². The Bertz CT molecular complexity index is 1750. The Morgan fingerprint density at radius 2 is 1.43 bits per heavy atom. The van der Waals surface area contributed by atoms with Crippen molar-refractivity contribution in [3.8, 4) is 0 Å². The maximum absolute atomic E-state index is 14.5. The quantitative estimate of drug-likeness (QED) is 0.199.